The van der Waals surface area contributed by atoms with E-state index in [-0.39, 0.29) is 18.4 Å². The molecule has 17 heavy (non-hydrogen) atoms. The number of carbonyl (C=O) groups is 1. The summed E-state index contributed by atoms with van der Waals surface area (Å²) in [4.78, 5) is 19.3. The van der Waals surface area contributed by atoms with Gasteiger partial charge < -0.3 is 16.4 Å². The van der Waals surface area contributed by atoms with E-state index < -0.39 is 0 Å². The Balaban J connectivity index is 2.35. The van der Waals surface area contributed by atoms with E-state index in [0.29, 0.717) is 5.69 Å². The molecule has 0 aliphatic rings. The number of guanidine groups is 1. The molecule has 0 saturated heterocycles. The SMILES string of the molecule is CCCNC(N)=NCC(=O)Nc1cccnc1. The van der Waals surface area contributed by atoms with E-state index in [1.165, 1.54) is 0 Å². The summed E-state index contributed by atoms with van der Waals surface area (Å²) in [5, 5.41) is 5.55. The van der Waals surface area contributed by atoms with Crippen LogP contribution in [0.25, 0.3) is 0 Å². The Kier molecular flexibility index (Phi) is 5.50. The first-order valence-corrected chi connectivity index (χ1v) is 5.46. The van der Waals surface area contributed by atoms with Crippen LogP contribution in [0.15, 0.2) is 29.5 Å². The molecule has 6 heteroatoms. The minimum absolute atomic E-state index is 0.00254. The van der Waals surface area contributed by atoms with Crippen LogP contribution in [0.5, 0.6) is 0 Å². The summed E-state index contributed by atoms with van der Waals surface area (Å²) < 4.78 is 0. The predicted octanol–water partition coefficient (Wildman–Crippen LogP) is 0.334. The van der Waals surface area contributed by atoms with Gasteiger partial charge in [-0.2, -0.15) is 0 Å². The highest BCUT2D eigenvalue weighted by atomic mass is 16.1. The highest BCUT2D eigenvalue weighted by Crippen LogP contribution is 2.01. The average molecular weight is 235 g/mol. The average Bonchev–Trinajstić information content (AvgIpc) is 2.35. The summed E-state index contributed by atoms with van der Waals surface area (Å²) in [5.74, 6) is 0.0624. The number of aliphatic imine (C=N–C) groups is 1. The van der Waals surface area contributed by atoms with Gasteiger partial charge in [0.15, 0.2) is 5.96 Å². The van der Waals surface area contributed by atoms with Crippen molar-refractivity contribution in [2.24, 2.45) is 10.7 Å². The van der Waals surface area contributed by atoms with E-state index in [9.17, 15) is 4.79 Å². The molecule has 1 rings (SSSR count). The maximum Gasteiger partial charge on any atom is 0.246 e. The van der Waals surface area contributed by atoms with Crippen molar-refractivity contribution in [3.05, 3.63) is 24.5 Å². The zero-order valence-corrected chi connectivity index (χ0v) is 9.81. The molecule has 0 fully saturated rings. The van der Waals surface area contributed by atoms with Crippen LogP contribution >= 0.6 is 0 Å². The number of nitrogens with two attached hydrogens (primary N) is 1. The summed E-state index contributed by atoms with van der Waals surface area (Å²) in [5.41, 5.74) is 6.19. The van der Waals surface area contributed by atoms with Gasteiger partial charge in [-0.05, 0) is 18.6 Å². The first-order valence-electron chi connectivity index (χ1n) is 5.46. The van der Waals surface area contributed by atoms with Crippen molar-refractivity contribution in [1.29, 1.82) is 0 Å². The molecule has 0 saturated carbocycles. The molecule has 0 atom stereocenters. The Morgan fingerprint density at radius 2 is 2.41 bits per heavy atom. The van der Waals surface area contributed by atoms with Gasteiger partial charge in [0.25, 0.3) is 0 Å². The number of hydrogen-bond donors (Lipinski definition) is 3. The number of aromatic nitrogens is 1. The molecule has 0 aliphatic heterocycles. The molecular formula is C11H17N5O. The molecule has 0 spiro atoms. The number of rotatable bonds is 5. The first kappa shape index (κ1) is 13.0. The number of anilines is 1. The standard InChI is InChI=1S/C11H17N5O/c1-2-5-14-11(12)15-8-10(17)16-9-4-3-6-13-7-9/h3-4,6-7H,2,5,8H2,1H3,(H,16,17)(H3,12,14,15). The summed E-state index contributed by atoms with van der Waals surface area (Å²) in [6.07, 6.45) is 4.17. The van der Waals surface area contributed by atoms with Gasteiger partial charge in [0.1, 0.15) is 6.54 Å². The minimum atomic E-state index is -0.223. The third-order valence-corrected chi connectivity index (χ3v) is 1.89. The molecule has 1 heterocycles. The molecule has 0 radical (unpaired) electrons. The van der Waals surface area contributed by atoms with Crippen molar-refractivity contribution in [2.45, 2.75) is 13.3 Å². The predicted molar refractivity (Wildman–Crippen MR) is 67.6 cm³/mol. The van der Waals surface area contributed by atoms with Crippen molar-refractivity contribution < 1.29 is 4.79 Å². The van der Waals surface area contributed by atoms with Gasteiger partial charge >= 0.3 is 0 Å². The lowest BCUT2D eigenvalue weighted by molar-refractivity contribution is -0.114. The summed E-state index contributed by atoms with van der Waals surface area (Å²) in [6.45, 7) is 2.77. The van der Waals surface area contributed by atoms with Gasteiger partial charge in [-0.3, -0.25) is 9.78 Å². The number of carbonyl (C=O) groups excluding carboxylic acids is 1. The van der Waals surface area contributed by atoms with E-state index in [1.54, 1.807) is 24.5 Å². The highest BCUT2D eigenvalue weighted by molar-refractivity contribution is 5.93. The molecule has 1 aromatic heterocycles. The number of hydrogen-bond acceptors (Lipinski definition) is 3. The number of nitrogens with zero attached hydrogens (tertiary/aromatic N) is 2. The van der Waals surface area contributed by atoms with Gasteiger partial charge in [-0.1, -0.05) is 6.92 Å². The number of amides is 1. The Bertz CT molecular complexity index is 377. The molecule has 0 unspecified atom stereocenters. The van der Waals surface area contributed by atoms with Crippen LogP contribution in [0.1, 0.15) is 13.3 Å². The Hall–Kier alpha value is -2.11. The summed E-state index contributed by atoms with van der Waals surface area (Å²) in [7, 11) is 0. The third kappa shape index (κ3) is 5.50. The van der Waals surface area contributed by atoms with Crippen LogP contribution in [-0.4, -0.2) is 29.9 Å². The van der Waals surface area contributed by atoms with Crippen LogP contribution in [0.3, 0.4) is 0 Å². The van der Waals surface area contributed by atoms with E-state index in [4.69, 9.17) is 5.73 Å². The van der Waals surface area contributed by atoms with E-state index in [2.05, 4.69) is 20.6 Å². The maximum absolute atomic E-state index is 11.5. The first-order chi connectivity index (χ1) is 8.22. The van der Waals surface area contributed by atoms with E-state index >= 15 is 0 Å². The van der Waals surface area contributed by atoms with Gasteiger partial charge in [-0.25, -0.2) is 4.99 Å². The lowest BCUT2D eigenvalue weighted by atomic mass is 10.4. The van der Waals surface area contributed by atoms with Gasteiger partial charge in [0, 0.05) is 12.7 Å². The van der Waals surface area contributed by atoms with Crippen molar-refractivity contribution in [2.75, 3.05) is 18.4 Å². The fourth-order valence-corrected chi connectivity index (χ4v) is 1.10. The second kappa shape index (κ2) is 7.21. The molecule has 0 aromatic carbocycles. The van der Waals surface area contributed by atoms with Crippen LogP contribution < -0.4 is 16.4 Å². The van der Waals surface area contributed by atoms with Crippen LogP contribution in [0.2, 0.25) is 0 Å². The molecule has 1 amide bonds. The topological polar surface area (TPSA) is 92.4 Å². The Morgan fingerprint density at radius 1 is 1.59 bits per heavy atom. The van der Waals surface area contributed by atoms with Crippen LogP contribution in [0.4, 0.5) is 5.69 Å². The Morgan fingerprint density at radius 3 is 3.06 bits per heavy atom. The number of nitrogens with one attached hydrogen (secondary N) is 2. The summed E-state index contributed by atoms with van der Waals surface area (Å²) >= 11 is 0. The fraction of sp³-hybridized carbons (Fsp3) is 0.364. The van der Waals surface area contributed by atoms with Crippen molar-refractivity contribution in [3.8, 4) is 0 Å². The zero-order valence-electron chi connectivity index (χ0n) is 9.81. The Labute approximate surface area is 100 Å². The van der Waals surface area contributed by atoms with Crippen molar-refractivity contribution in [3.63, 3.8) is 0 Å². The quantitative estimate of drug-likeness (QED) is 0.506. The molecule has 6 nitrogen and oxygen atoms in total. The van der Waals surface area contributed by atoms with Crippen LogP contribution in [0, 0.1) is 0 Å². The monoisotopic (exact) mass is 235 g/mol. The second-order valence-corrected chi connectivity index (χ2v) is 3.42. The fourth-order valence-electron chi connectivity index (χ4n) is 1.10. The third-order valence-electron chi connectivity index (χ3n) is 1.89. The maximum atomic E-state index is 11.5. The van der Waals surface area contributed by atoms with Gasteiger partial charge in [0.05, 0.1) is 11.9 Å². The van der Waals surface area contributed by atoms with Crippen LogP contribution in [-0.2, 0) is 4.79 Å². The zero-order chi connectivity index (χ0) is 12.5. The molecule has 4 N–H and O–H groups in total. The molecule has 1 aromatic rings. The highest BCUT2D eigenvalue weighted by Gasteiger charge is 2.00. The lowest BCUT2D eigenvalue weighted by Gasteiger charge is -2.04. The van der Waals surface area contributed by atoms with E-state index in [1.807, 2.05) is 6.92 Å². The molecule has 92 valence electrons. The lowest BCUT2D eigenvalue weighted by Crippen LogP contribution is -2.33. The molecule has 0 bridgehead atoms. The van der Waals surface area contributed by atoms with Gasteiger partial charge in [0.2, 0.25) is 5.91 Å². The molecular weight excluding hydrogens is 218 g/mol. The molecule has 0 aliphatic carbocycles. The number of pyridine rings is 1. The van der Waals surface area contributed by atoms with Gasteiger partial charge in [-0.15, -0.1) is 0 Å². The largest absolute Gasteiger partial charge is 0.370 e. The van der Waals surface area contributed by atoms with Crippen molar-refractivity contribution in [1.82, 2.24) is 10.3 Å². The van der Waals surface area contributed by atoms with Crippen molar-refractivity contribution >= 4 is 17.6 Å². The normalized spacial score (nSPS) is 11.0. The van der Waals surface area contributed by atoms with E-state index in [0.717, 1.165) is 13.0 Å². The smallest absolute Gasteiger partial charge is 0.246 e. The second-order valence-electron chi connectivity index (χ2n) is 3.42. The minimum Gasteiger partial charge on any atom is -0.370 e. The summed E-state index contributed by atoms with van der Waals surface area (Å²) in [6, 6.07) is 3.50.